The highest BCUT2D eigenvalue weighted by Gasteiger charge is 2.56. The largest absolute Gasteiger partial charge is 0.490 e. The Kier molecular flexibility index (Phi) is 7.82. The first-order valence-corrected chi connectivity index (χ1v) is 10.4. The minimum atomic E-state index is -5.08. The van der Waals surface area contributed by atoms with E-state index in [1.807, 2.05) is 6.92 Å². The van der Waals surface area contributed by atoms with Gasteiger partial charge >= 0.3 is 12.1 Å². The van der Waals surface area contributed by atoms with E-state index in [0.717, 1.165) is 17.0 Å². The summed E-state index contributed by atoms with van der Waals surface area (Å²) in [6.45, 7) is 2.67. The highest BCUT2D eigenvalue weighted by Crippen LogP contribution is 2.39. The molecule has 2 rings (SSSR count). The van der Waals surface area contributed by atoms with Gasteiger partial charge in [-0.15, -0.1) is 0 Å². The van der Waals surface area contributed by atoms with Crippen molar-refractivity contribution in [2.75, 3.05) is 26.4 Å². The summed E-state index contributed by atoms with van der Waals surface area (Å²) in [6, 6.07) is -0.710. The second-order valence-corrected chi connectivity index (χ2v) is 8.42. The molecule has 3 atom stereocenters. The van der Waals surface area contributed by atoms with Crippen molar-refractivity contribution in [3.8, 4) is 0 Å². The number of amides is 2. The first kappa shape index (κ1) is 24.1. The second-order valence-electron chi connectivity index (χ2n) is 6.56. The number of fused-ring (bicyclic) bond motifs is 1. The molecule has 0 aromatic rings. The number of aliphatic carboxylic acids is 1. The monoisotopic (exact) mass is 431 g/mol. The summed E-state index contributed by atoms with van der Waals surface area (Å²) in [5.41, 5.74) is 0. The summed E-state index contributed by atoms with van der Waals surface area (Å²) in [6.07, 6.45) is -2.10. The van der Waals surface area contributed by atoms with Crippen LogP contribution in [0.15, 0.2) is 0 Å². The van der Waals surface area contributed by atoms with Gasteiger partial charge in [-0.2, -0.15) is 13.2 Å². The van der Waals surface area contributed by atoms with Gasteiger partial charge in [0, 0.05) is 6.54 Å². The molecule has 2 saturated heterocycles. The van der Waals surface area contributed by atoms with Gasteiger partial charge in [0.1, 0.15) is 0 Å². The summed E-state index contributed by atoms with van der Waals surface area (Å²) in [4.78, 5) is 35.2. The Balaban J connectivity index is 0.000000480. The number of carbonyl (C=O) groups is 3. The molecule has 0 radical (unpaired) electrons. The maximum atomic E-state index is 12.5. The molecule has 2 heterocycles. The maximum absolute atomic E-state index is 12.5. The van der Waals surface area contributed by atoms with E-state index in [1.165, 1.54) is 0 Å². The number of likely N-dealkylation sites (N-methyl/N-ethyl adjacent to an activating group) is 1. The molecule has 0 aromatic heterocycles. The van der Waals surface area contributed by atoms with E-state index in [0.29, 0.717) is 19.4 Å². The molecule has 13 heteroatoms. The van der Waals surface area contributed by atoms with E-state index < -0.39 is 34.1 Å². The number of rotatable bonds is 5. The van der Waals surface area contributed by atoms with Gasteiger partial charge in [-0.1, -0.05) is 13.3 Å². The van der Waals surface area contributed by atoms with Gasteiger partial charge in [-0.25, -0.2) is 17.5 Å². The topological polar surface area (TPSA) is 124 Å². The van der Waals surface area contributed by atoms with Crippen molar-refractivity contribution < 1.29 is 41.1 Å². The molecular formula is C15H24F3N3O6S. The number of hydrogen-bond acceptors (Lipinski definition) is 6. The number of carboxylic acids is 1. The lowest BCUT2D eigenvalue weighted by atomic mass is 9.94. The zero-order valence-corrected chi connectivity index (χ0v) is 16.5. The Morgan fingerprint density at radius 3 is 2.25 bits per heavy atom. The van der Waals surface area contributed by atoms with Crippen molar-refractivity contribution in [2.24, 2.45) is 5.92 Å². The van der Waals surface area contributed by atoms with Crippen LogP contribution < -0.4 is 5.32 Å². The molecule has 0 saturated carbocycles. The van der Waals surface area contributed by atoms with Crippen LogP contribution in [0.5, 0.6) is 0 Å². The summed E-state index contributed by atoms with van der Waals surface area (Å²) in [5.74, 6) is -3.59. The summed E-state index contributed by atoms with van der Waals surface area (Å²) in [5, 5.41) is 9.94. The van der Waals surface area contributed by atoms with Gasteiger partial charge < -0.3 is 15.3 Å². The van der Waals surface area contributed by atoms with Crippen LogP contribution in [0.25, 0.3) is 0 Å². The lowest BCUT2D eigenvalue weighted by Gasteiger charge is -2.27. The molecule has 0 bridgehead atoms. The highest BCUT2D eigenvalue weighted by molar-refractivity contribution is 7.88. The first-order valence-electron chi connectivity index (χ1n) is 8.54. The maximum Gasteiger partial charge on any atom is 0.490 e. The van der Waals surface area contributed by atoms with Crippen LogP contribution in [-0.2, 0) is 24.4 Å². The van der Waals surface area contributed by atoms with Crippen LogP contribution in [0, 0.1) is 5.92 Å². The first-order chi connectivity index (χ1) is 12.8. The van der Waals surface area contributed by atoms with Crippen LogP contribution in [0.4, 0.5) is 13.2 Å². The molecule has 0 unspecified atom stereocenters. The van der Waals surface area contributed by atoms with Crippen LogP contribution in [0.1, 0.15) is 26.2 Å². The fraction of sp³-hybridized carbons (Fsp3) is 0.800. The smallest absolute Gasteiger partial charge is 0.475 e. The van der Waals surface area contributed by atoms with Gasteiger partial charge in [0.2, 0.25) is 21.8 Å². The third-order valence-electron chi connectivity index (χ3n) is 4.52. The summed E-state index contributed by atoms with van der Waals surface area (Å²) in [7, 11) is -1.90. The molecule has 2 fully saturated rings. The van der Waals surface area contributed by atoms with Crippen molar-refractivity contribution >= 4 is 27.8 Å². The summed E-state index contributed by atoms with van der Waals surface area (Å²) >= 11 is 0. The fourth-order valence-electron chi connectivity index (χ4n) is 3.57. The van der Waals surface area contributed by atoms with E-state index in [9.17, 15) is 31.2 Å². The van der Waals surface area contributed by atoms with Gasteiger partial charge in [0.15, 0.2) is 0 Å². The molecule has 0 aromatic carbocycles. The SMILES string of the molecule is CCC[C@H]1C(=O)N(S(C)(=O)=O)[C@H]2CCN(C(=O)CNC)[C@H]12.O=C(O)C(F)(F)F. The average Bonchev–Trinajstić information content (AvgIpc) is 3.05. The number of nitrogens with one attached hydrogen (secondary N) is 1. The average molecular weight is 431 g/mol. The van der Waals surface area contributed by atoms with Crippen molar-refractivity contribution in [1.29, 1.82) is 0 Å². The van der Waals surface area contributed by atoms with E-state index in [2.05, 4.69) is 5.32 Å². The molecule has 2 amide bonds. The number of carbonyl (C=O) groups excluding carboxylic acids is 2. The normalized spacial score (nSPS) is 24.6. The minimum Gasteiger partial charge on any atom is -0.475 e. The zero-order chi connectivity index (χ0) is 21.9. The third kappa shape index (κ3) is 5.34. The summed E-state index contributed by atoms with van der Waals surface area (Å²) < 4.78 is 56.6. The molecule has 9 nitrogen and oxygen atoms in total. The molecule has 2 aliphatic rings. The van der Waals surface area contributed by atoms with E-state index in [-0.39, 0.29) is 24.4 Å². The zero-order valence-electron chi connectivity index (χ0n) is 15.7. The molecule has 0 aliphatic carbocycles. The Morgan fingerprint density at radius 1 is 1.32 bits per heavy atom. The Labute approximate surface area is 160 Å². The predicted octanol–water partition coefficient (Wildman–Crippen LogP) is 0.0267. The number of carboxylic acid groups (broad SMARTS) is 1. The van der Waals surface area contributed by atoms with Crippen molar-refractivity contribution in [2.45, 2.75) is 44.4 Å². The third-order valence-corrected chi connectivity index (χ3v) is 5.68. The number of nitrogens with zero attached hydrogens (tertiary/aromatic N) is 2. The Morgan fingerprint density at radius 2 is 1.86 bits per heavy atom. The number of alkyl halides is 3. The standard InChI is InChI=1S/C13H23N3O4S.C2HF3O2/c1-4-5-9-12-10(16(13(9)18)21(3,19)20)6-7-15(12)11(17)8-14-2;3-2(4,5)1(6)7/h9-10,12,14H,4-8H2,1-3H3;(H,6,7)/t9-,10+,12-;/m1./s1. The molecule has 0 spiro atoms. The van der Waals surface area contributed by atoms with Crippen molar-refractivity contribution in [1.82, 2.24) is 14.5 Å². The predicted molar refractivity (Wildman–Crippen MR) is 91.6 cm³/mol. The van der Waals surface area contributed by atoms with Gasteiger partial charge in [-0.3, -0.25) is 9.59 Å². The van der Waals surface area contributed by atoms with Gasteiger partial charge in [-0.05, 0) is 19.9 Å². The van der Waals surface area contributed by atoms with E-state index in [4.69, 9.17) is 9.90 Å². The Hall–Kier alpha value is -1.89. The van der Waals surface area contributed by atoms with Crippen LogP contribution in [0.2, 0.25) is 0 Å². The van der Waals surface area contributed by atoms with Crippen LogP contribution >= 0.6 is 0 Å². The van der Waals surface area contributed by atoms with E-state index >= 15 is 0 Å². The number of sulfonamides is 1. The van der Waals surface area contributed by atoms with Gasteiger partial charge in [0.05, 0.1) is 30.8 Å². The second kappa shape index (κ2) is 9.07. The van der Waals surface area contributed by atoms with Crippen LogP contribution in [-0.4, -0.2) is 85.2 Å². The van der Waals surface area contributed by atoms with Crippen molar-refractivity contribution in [3.05, 3.63) is 0 Å². The Bertz CT molecular complexity index is 712. The quantitative estimate of drug-likeness (QED) is 0.629. The number of hydrogen-bond donors (Lipinski definition) is 2. The number of halogens is 3. The molecule has 162 valence electrons. The lowest BCUT2D eigenvalue weighted by Crippen LogP contribution is -2.45. The molecule has 2 N–H and O–H groups in total. The molecule has 28 heavy (non-hydrogen) atoms. The fourth-order valence-corrected chi connectivity index (χ4v) is 4.76. The van der Waals surface area contributed by atoms with Gasteiger partial charge in [0.25, 0.3) is 0 Å². The molecular weight excluding hydrogens is 407 g/mol. The number of likely N-dealkylation sites (tertiary alicyclic amines) is 1. The minimum absolute atomic E-state index is 0.0748. The van der Waals surface area contributed by atoms with Crippen molar-refractivity contribution in [3.63, 3.8) is 0 Å². The van der Waals surface area contributed by atoms with Crippen LogP contribution in [0.3, 0.4) is 0 Å². The van der Waals surface area contributed by atoms with E-state index in [1.54, 1.807) is 11.9 Å². The molecule has 2 aliphatic heterocycles. The highest BCUT2D eigenvalue weighted by atomic mass is 32.2. The lowest BCUT2D eigenvalue weighted by molar-refractivity contribution is -0.192.